The van der Waals surface area contributed by atoms with Crippen LogP contribution in [0.3, 0.4) is 0 Å². The van der Waals surface area contributed by atoms with E-state index in [4.69, 9.17) is 0 Å². The van der Waals surface area contributed by atoms with Crippen LogP contribution in [0.15, 0.2) is 34.7 Å². The number of carbonyl (C=O) groups excluding carboxylic acids is 1. The van der Waals surface area contributed by atoms with E-state index in [-0.39, 0.29) is 11.7 Å². The van der Waals surface area contributed by atoms with Gasteiger partial charge < -0.3 is 9.80 Å². The Hall–Kier alpha value is -2.24. The first-order valence-electron chi connectivity index (χ1n) is 8.78. The summed E-state index contributed by atoms with van der Waals surface area (Å²) in [5.74, 6) is 0.157. The normalized spacial score (nSPS) is 14.3. The topological polar surface area (TPSA) is 87.1 Å². The first kappa shape index (κ1) is 19.1. The largest absolute Gasteiger partial charge is 0.368 e. The maximum Gasteiger partial charge on any atom is 0.236 e. The number of thioether (sulfide) groups is 1. The Balaban J connectivity index is 1.26. The molecule has 0 atom stereocenters. The van der Waals surface area contributed by atoms with Gasteiger partial charge in [-0.05, 0) is 19.1 Å². The second-order valence-electron chi connectivity index (χ2n) is 6.12. The van der Waals surface area contributed by atoms with Gasteiger partial charge in [-0.3, -0.25) is 10.1 Å². The predicted octanol–water partition coefficient (Wildman–Crippen LogP) is 2.76. The molecule has 0 unspecified atom stereocenters. The molecule has 28 heavy (non-hydrogen) atoms. The minimum atomic E-state index is -0.116. The van der Waals surface area contributed by atoms with Crippen LogP contribution in [0.1, 0.15) is 5.01 Å². The van der Waals surface area contributed by atoms with E-state index in [1.807, 2.05) is 13.0 Å². The number of piperazine rings is 1. The molecule has 8 nitrogen and oxygen atoms in total. The number of nitrogens with zero attached hydrogens (tertiary/aromatic N) is 6. The van der Waals surface area contributed by atoms with Gasteiger partial charge in [0.15, 0.2) is 4.34 Å². The highest BCUT2D eigenvalue weighted by Crippen LogP contribution is 2.29. The Morgan fingerprint density at radius 3 is 2.50 bits per heavy atom. The fourth-order valence-electron chi connectivity index (χ4n) is 2.81. The second kappa shape index (κ2) is 8.84. The highest BCUT2D eigenvalue weighted by atomic mass is 32.2. The number of aromatic nitrogens is 4. The number of hydrogen-bond acceptors (Lipinski definition) is 10. The van der Waals surface area contributed by atoms with Crippen LogP contribution in [0.2, 0.25) is 0 Å². The smallest absolute Gasteiger partial charge is 0.236 e. The van der Waals surface area contributed by atoms with Gasteiger partial charge in [0.2, 0.25) is 16.2 Å². The molecule has 1 aliphatic heterocycles. The number of carbonyl (C=O) groups is 1. The number of para-hydroxylation sites is 1. The Bertz CT molecular complexity index is 922. The maximum atomic E-state index is 12.0. The van der Waals surface area contributed by atoms with Crippen LogP contribution in [0.5, 0.6) is 0 Å². The molecule has 0 saturated carbocycles. The third-order valence-electron chi connectivity index (χ3n) is 4.17. The summed E-state index contributed by atoms with van der Waals surface area (Å²) in [5, 5.41) is 21.3. The molecule has 1 aliphatic rings. The van der Waals surface area contributed by atoms with Crippen molar-refractivity contribution in [3.63, 3.8) is 0 Å². The van der Waals surface area contributed by atoms with Crippen molar-refractivity contribution in [1.29, 1.82) is 0 Å². The Morgan fingerprint density at radius 1 is 1.04 bits per heavy atom. The molecule has 11 heteroatoms. The summed E-state index contributed by atoms with van der Waals surface area (Å²) in [5.41, 5.74) is 1.26. The van der Waals surface area contributed by atoms with E-state index < -0.39 is 0 Å². The van der Waals surface area contributed by atoms with E-state index >= 15 is 0 Å². The van der Waals surface area contributed by atoms with Crippen LogP contribution in [0, 0.1) is 6.92 Å². The van der Waals surface area contributed by atoms with Gasteiger partial charge >= 0.3 is 0 Å². The number of rotatable bonds is 6. The molecule has 1 fully saturated rings. The van der Waals surface area contributed by atoms with Gasteiger partial charge in [0, 0.05) is 31.9 Å². The van der Waals surface area contributed by atoms with Crippen molar-refractivity contribution in [2.45, 2.75) is 11.3 Å². The Kier molecular flexibility index (Phi) is 6.03. The third-order valence-corrected chi connectivity index (χ3v) is 7.04. The number of amides is 1. The summed E-state index contributed by atoms with van der Waals surface area (Å²) >= 11 is 4.28. The molecule has 1 amide bonds. The van der Waals surface area contributed by atoms with Gasteiger partial charge in [0.05, 0.1) is 5.75 Å². The van der Waals surface area contributed by atoms with Gasteiger partial charge in [-0.1, -0.05) is 52.6 Å². The zero-order valence-electron chi connectivity index (χ0n) is 15.2. The molecule has 146 valence electrons. The Morgan fingerprint density at radius 2 is 1.79 bits per heavy atom. The van der Waals surface area contributed by atoms with E-state index in [2.05, 4.69) is 59.8 Å². The minimum Gasteiger partial charge on any atom is -0.368 e. The zero-order valence-corrected chi connectivity index (χ0v) is 17.7. The monoisotopic (exact) mass is 433 g/mol. The summed E-state index contributed by atoms with van der Waals surface area (Å²) in [6, 6.07) is 10.5. The van der Waals surface area contributed by atoms with E-state index in [0.717, 1.165) is 40.7 Å². The van der Waals surface area contributed by atoms with Crippen LogP contribution in [-0.2, 0) is 4.79 Å². The molecular weight excluding hydrogens is 414 g/mol. The number of hydrogen-bond donors (Lipinski definition) is 1. The highest BCUT2D eigenvalue weighted by molar-refractivity contribution is 8.01. The fraction of sp³-hybridized carbons (Fsp3) is 0.353. The van der Waals surface area contributed by atoms with Crippen LogP contribution >= 0.6 is 34.4 Å². The number of benzene rings is 1. The standard InChI is InChI=1S/C17H19N7OS3/c1-12-19-20-15(27-12)18-14(25)11-26-17-22-21-16(28-17)24-9-7-23(8-10-24)13-5-3-2-4-6-13/h2-6H,7-11H2,1H3,(H,18,20,25). The Labute approximate surface area is 175 Å². The summed E-state index contributed by atoms with van der Waals surface area (Å²) < 4.78 is 0.795. The zero-order chi connectivity index (χ0) is 19.3. The first-order chi connectivity index (χ1) is 13.7. The molecule has 1 aromatic carbocycles. The second-order valence-corrected chi connectivity index (χ2v) is 9.48. The average molecular weight is 434 g/mol. The van der Waals surface area contributed by atoms with Gasteiger partial charge in [-0.15, -0.1) is 20.4 Å². The summed E-state index contributed by atoms with van der Waals surface area (Å²) in [4.78, 5) is 16.7. The fourth-order valence-corrected chi connectivity index (χ4v) is 5.11. The molecule has 2 aromatic heterocycles. The molecule has 3 aromatic rings. The highest BCUT2D eigenvalue weighted by Gasteiger charge is 2.20. The van der Waals surface area contributed by atoms with Crippen molar-refractivity contribution >= 4 is 56.3 Å². The van der Waals surface area contributed by atoms with Crippen LogP contribution in [0.4, 0.5) is 16.0 Å². The van der Waals surface area contributed by atoms with Crippen LogP contribution in [-0.4, -0.2) is 58.2 Å². The van der Waals surface area contributed by atoms with Crippen molar-refractivity contribution in [2.75, 3.05) is 47.0 Å². The lowest BCUT2D eigenvalue weighted by atomic mass is 10.2. The lowest BCUT2D eigenvalue weighted by Gasteiger charge is -2.35. The summed E-state index contributed by atoms with van der Waals surface area (Å²) in [6.07, 6.45) is 0. The van der Waals surface area contributed by atoms with Gasteiger partial charge in [-0.25, -0.2) is 0 Å². The SMILES string of the molecule is Cc1nnc(NC(=O)CSc2nnc(N3CCN(c4ccccc4)CC3)s2)s1. The van der Waals surface area contributed by atoms with Crippen molar-refractivity contribution in [2.24, 2.45) is 0 Å². The molecular formula is C17H19N7OS3. The molecule has 0 radical (unpaired) electrons. The van der Waals surface area contributed by atoms with Gasteiger partial charge in [0.1, 0.15) is 5.01 Å². The summed E-state index contributed by atoms with van der Waals surface area (Å²) in [7, 11) is 0. The number of anilines is 3. The van der Waals surface area contributed by atoms with E-state index in [0.29, 0.717) is 5.13 Å². The summed E-state index contributed by atoms with van der Waals surface area (Å²) in [6.45, 7) is 5.58. The maximum absolute atomic E-state index is 12.0. The third kappa shape index (κ3) is 4.78. The molecule has 0 aliphatic carbocycles. The van der Waals surface area contributed by atoms with Gasteiger partial charge in [-0.2, -0.15) is 0 Å². The predicted molar refractivity (Wildman–Crippen MR) is 115 cm³/mol. The lowest BCUT2D eigenvalue weighted by Crippen LogP contribution is -2.46. The molecule has 3 heterocycles. The van der Waals surface area contributed by atoms with Crippen molar-refractivity contribution in [3.8, 4) is 0 Å². The van der Waals surface area contributed by atoms with Crippen LogP contribution < -0.4 is 15.1 Å². The number of aryl methyl sites for hydroxylation is 1. The molecule has 0 spiro atoms. The van der Waals surface area contributed by atoms with Crippen molar-refractivity contribution < 1.29 is 4.79 Å². The molecule has 1 saturated heterocycles. The van der Waals surface area contributed by atoms with Crippen molar-refractivity contribution in [3.05, 3.63) is 35.3 Å². The van der Waals surface area contributed by atoms with Crippen molar-refractivity contribution in [1.82, 2.24) is 20.4 Å². The van der Waals surface area contributed by atoms with Crippen LogP contribution in [0.25, 0.3) is 0 Å². The first-order valence-corrected chi connectivity index (χ1v) is 11.4. The molecule has 4 rings (SSSR count). The quantitative estimate of drug-likeness (QED) is 0.594. The molecule has 0 bridgehead atoms. The van der Waals surface area contributed by atoms with E-state index in [1.165, 1.54) is 40.1 Å². The average Bonchev–Trinajstić information content (AvgIpc) is 3.36. The minimum absolute atomic E-state index is 0.116. The van der Waals surface area contributed by atoms with E-state index in [1.54, 1.807) is 0 Å². The van der Waals surface area contributed by atoms with E-state index in [9.17, 15) is 4.79 Å². The number of nitrogens with one attached hydrogen (secondary N) is 1. The lowest BCUT2D eigenvalue weighted by molar-refractivity contribution is -0.113. The molecule has 1 N–H and O–H groups in total. The van der Waals surface area contributed by atoms with Gasteiger partial charge in [0.25, 0.3) is 0 Å².